The van der Waals surface area contributed by atoms with Crippen LogP contribution in [-0.4, -0.2) is 31.1 Å². The lowest BCUT2D eigenvalue weighted by molar-refractivity contribution is 0.156. The van der Waals surface area contributed by atoms with E-state index in [1.807, 2.05) is 6.07 Å². The smallest absolute Gasteiger partial charge is 0.119 e. The molecule has 1 aromatic carbocycles. The van der Waals surface area contributed by atoms with Gasteiger partial charge in [0.25, 0.3) is 0 Å². The largest absolute Gasteiger partial charge is 0.497 e. The van der Waals surface area contributed by atoms with Gasteiger partial charge in [-0.25, -0.2) is 0 Å². The standard InChI is InChI=1S/C17H26N2O/c1-3-19(11-12-4-5-12)16-9-7-13-6-8-14(20-2)10-15(13)17(16)18/h6,8,10,12,16-17H,3-5,7,9,11,18H2,1-2H3. The highest BCUT2D eigenvalue weighted by Gasteiger charge is 2.33. The highest BCUT2D eigenvalue weighted by Crippen LogP contribution is 2.36. The summed E-state index contributed by atoms with van der Waals surface area (Å²) in [5.74, 6) is 1.85. The molecule has 0 saturated heterocycles. The van der Waals surface area contributed by atoms with Crippen LogP contribution in [0.1, 0.15) is 43.4 Å². The molecule has 2 N–H and O–H groups in total. The molecule has 3 nitrogen and oxygen atoms in total. The second-order valence-corrected chi connectivity index (χ2v) is 6.23. The Hall–Kier alpha value is -1.06. The summed E-state index contributed by atoms with van der Waals surface area (Å²) >= 11 is 0. The Labute approximate surface area is 122 Å². The van der Waals surface area contributed by atoms with Gasteiger partial charge in [-0.2, -0.15) is 0 Å². The highest BCUT2D eigenvalue weighted by molar-refractivity contribution is 5.40. The van der Waals surface area contributed by atoms with E-state index in [1.54, 1.807) is 7.11 Å². The predicted octanol–water partition coefficient (Wildman–Crippen LogP) is 2.74. The Morgan fingerprint density at radius 3 is 2.75 bits per heavy atom. The molecular weight excluding hydrogens is 248 g/mol. The molecule has 1 aromatic rings. The average Bonchev–Trinajstić information content (AvgIpc) is 3.29. The van der Waals surface area contributed by atoms with Gasteiger partial charge >= 0.3 is 0 Å². The second-order valence-electron chi connectivity index (χ2n) is 6.23. The van der Waals surface area contributed by atoms with E-state index in [0.29, 0.717) is 6.04 Å². The molecule has 1 fully saturated rings. The van der Waals surface area contributed by atoms with Gasteiger partial charge in [0.1, 0.15) is 5.75 Å². The molecule has 0 aliphatic heterocycles. The van der Waals surface area contributed by atoms with Crippen LogP contribution in [0.4, 0.5) is 0 Å². The maximum absolute atomic E-state index is 6.59. The topological polar surface area (TPSA) is 38.5 Å². The molecular formula is C17H26N2O. The van der Waals surface area contributed by atoms with E-state index in [0.717, 1.165) is 24.6 Å². The zero-order valence-electron chi connectivity index (χ0n) is 12.6. The lowest BCUT2D eigenvalue weighted by atomic mass is 9.83. The Balaban J connectivity index is 1.80. The minimum Gasteiger partial charge on any atom is -0.497 e. The molecule has 3 heteroatoms. The zero-order valence-corrected chi connectivity index (χ0v) is 12.6. The summed E-state index contributed by atoms with van der Waals surface area (Å²) in [5.41, 5.74) is 9.28. The van der Waals surface area contributed by atoms with Crippen molar-refractivity contribution in [1.82, 2.24) is 4.90 Å². The Morgan fingerprint density at radius 1 is 1.30 bits per heavy atom. The third-order valence-corrected chi connectivity index (χ3v) is 4.90. The van der Waals surface area contributed by atoms with Crippen molar-refractivity contribution in [3.63, 3.8) is 0 Å². The minimum absolute atomic E-state index is 0.118. The van der Waals surface area contributed by atoms with Gasteiger partial charge in [-0.05, 0) is 61.4 Å². The molecule has 0 heterocycles. The third-order valence-electron chi connectivity index (χ3n) is 4.90. The fraction of sp³-hybridized carbons (Fsp3) is 0.647. The summed E-state index contributed by atoms with van der Waals surface area (Å²) in [4.78, 5) is 2.60. The first-order chi connectivity index (χ1) is 9.72. The van der Waals surface area contributed by atoms with E-state index in [2.05, 4.69) is 24.0 Å². The number of nitrogens with two attached hydrogens (primary N) is 1. The summed E-state index contributed by atoms with van der Waals surface area (Å²) in [5, 5.41) is 0. The second kappa shape index (κ2) is 5.74. The van der Waals surface area contributed by atoms with E-state index >= 15 is 0 Å². The van der Waals surface area contributed by atoms with E-state index in [4.69, 9.17) is 10.5 Å². The predicted molar refractivity (Wildman–Crippen MR) is 82.0 cm³/mol. The first-order valence-electron chi connectivity index (χ1n) is 7.89. The van der Waals surface area contributed by atoms with Gasteiger partial charge in [0, 0.05) is 18.6 Å². The number of hydrogen-bond donors (Lipinski definition) is 1. The number of hydrogen-bond acceptors (Lipinski definition) is 3. The van der Waals surface area contributed by atoms with Crippen molar-refractivity contribution >= 4 is 0 Å². The molecule has 110 valence electrons. The molecule has 2 unspecified atom stereocenters. The van der Waals surface area contributed by atoms with Crippen molar-refractivity contribution in [3.05, 3.63) is 29.3 Å². The lowest BCUT2D eigenvalue weighted by Gasteiger charge is -2.39. The number of ether oxygens (including phenoxy) is 1. The summed E-state index contributed by atoms with van der Waals surface area (Å²) in [7, 11) is 1.72. The van der Waals surface area contributed by atoms with Crippen molar-refractivity contribution in [2.75, 3.05) is 20.2 Å². The summed E-state index contributed by atoms with van der Waals surface area (Å²) in [6.07, 6.45) is 5.13. The molecule has 0 spiro atoms. The van der Waals surface area contributed by atoms with E-state index in [1.165, 1.54) is 36.9 Å². The zero-order chi connectivity index (χ0) is 14.1. The van der Waals surface area contributed by atoms with Crippen LogP contribution in [-0.2, 0) is 6.42 Å². The van der Waals surface area contributed by atoms with Gasteiger partial charge in [0.05, 0.1) is 7.11 Å². The summed E-state index contributed by atoms with van der Waals surface area (Å²) in [6.45, 7) is 4.60. The third kappa shape index (κ3) is 2.70. The van der Waals surface area contributed by atoms with Crippen LogP contribution in [0.3, 0.4) is 0 Å². The average molecular weight is 274 g/mol. The van der Waals surface area contributed by atoms with Gasteiger partial charge in [-0.15, -0.1) is 0 Å². The molecule has 0 radical (unpaired) electrons. The number of benzene rings is 1. The first kappa shape index (κ1) is 13.9. The van der Waals surface area contributed by atoms with Crippen LogP contribution in [0, 0.1) is 5.92 Å². The van der Waals surface area contributed by atoms with Gasteiger partial charge in [-0.1, -0.05) is 13.0 Å². The fourth-order valence-corrected chi connectivity index (χ4v) is 3.47. The number of methoxy groups -OCH3 is 1. The molecule has 2 atom stereocenters. The quantitative estimate of drug-likeness (QED) is 0.897. The Morgan fingerprint density at radius 2 is 2.10 bits per heavy atom. The molecule has 0 amide bonds. The lowest BCUT2D eigenvalue weighted by Crippen LogP contribution is -2.46. The number of nitrogens with zero attached hydrogens (tertiary/aromatic N) is 1. The Bertz CT molecular complexity index is 470. The fourth-order valence-electron chi connectivity index (χ4n) is 3.47. The van der Waals surface area contributed by atoms with Crippen molar-refractivity contribution < 1.29 is 4.74 Å². The Kier molecular flexibility index (Phi) is 3.99. The van der Waals surface area contributed by atoms with Gasteiger partial charge in [0.2, 0.25) is 0 Å². The van der Waals surface area contributed by atoms with Gasteiger partial charge < -0.3 is 10.5 Å². The van der Waals surface area contributed by atoms with E-state index in [9.17, 15) is 0 Å². The van der Waals surface area contributed by atoms with Crippen LogP contribution in [0.25, 0.3) is 0 Å². The van der Waals surface area contributed by atoms with Crippen LogP contribution in [0.5, 0.6) is 5.75 Å². The molecule has 2 aliphatic carbocycles. The monoisotopic (exact) mass is 274 g/mol. The molecule has 0 bridgehead atoms. The van der Waals surface area contributed by atoms with Crippen molar-refractivity contribution in [3.8, 4) is 5.75 Å². The van der Waals surface area contributed by atoms with Gasteiger partial charge in [-0.3, -0.25) is 4.90 Å². The number of aryl methyl sites for hydroxylation is 1. The normalized spacial score (nSPS) is 25.6. The number of fused-ring (bicyclic) bond motifs is 1. The van der Waals surface area contributed by atoms with Crippen molar-refractivity contribution in [1.29, 1.82) is 0 Å². The van der Waals surface area contributed by atoms with Crippen molar-refractivity contribution in [2.24, 2.45) is 11.7 Å². The number of likely N-dealkylation sites (N-methyl/N-ethyl adjacent to an activating group) is 1. The highest BCUT2D eigenvalue weighted by atomic mass is 16.5. The maximum atomic E-state index is 6.59. The molecule has 20 heavy (non-hydrogen) atoms. The van der Waals surface area contributed by atoms with Crippen LogP contribution >= 0.6 is 0 Å². The number of rotatable bonds is 5. The molecule has 0 aromatic heterocycles. The molecule has 3 rings (SSSR count). The summed E-state index contributed by atoms with van der Waals surface area (Å²) < 4.78 is 5.36. The van der Waals surface area contributed by atoms with Crippen molar-refractivity contribution in [2.45, 2.75) is 44.7 Å². The minimum atomic E-state index is 0.118. The van der Waals surface area contributed by atoms with Crippen LogP contribution < -0.4 is 10.5 Å². The SMILES string of the molecule is CCN(CC1CC1)C1CCc2ccc(OC)cc2C1N. The van der Waals surface area contributed by atoms with E-state index < -0.39 is 0 Å². The first-order valence-corrected chi connectivity index (χ1v) is 7.89. The van der Waals surface area contributed by atoms with Crippen LogP contribution in [0.2, 0.25) is 0 Å². The van der Waals surface area contributed by atoms with Gasteiger partial charge in [0.15, 0.2) is 0 Å². The van der Waals surface area contributed by atoms with E-state index in [-0.39, 0.29) is 6.04 Å². The molecule has 2 aliphatic rings. The molecule has 1 saturated carbocycles. The maximum Gasteiger partial charge on any atom is 0.119 e. The summed E-state index contributed by atoms with van der Waals surface area (Å²) in [6, 6.07) is 6.97. The van der Waals surface area contributed by atoms with Crippen LogP contribution in [0.15, 0.2) is 18.2 Å².